The van der Waals surface area contributed by atoms with Gasteiger partial charge in [0.2, 0.25) is 0 Å². The van der Waals surface area contributed by atoms with E-state index in [1.54, 1.807) is 0 Å². The standard InChI is InChI=1S/C31H64NO7P/c1-6-8-10-12-13-14-15-16-17-18-19-21-23-26-36-28-30(39-31(33)24-22-20-11-9-7-2)29-38-40(34,35)37-27-25-32(3,4)5/h30H,6-29H2,1-5H3. The van der Waals surface area contributed by atoms with E-state index in [2.05, 4.69) is 13.8 Å². The highest BCUT2D eigenvalue weighted by Crippen LogP contribution is 2.38. The van der Waals surface area contributed by atoms with Crippen LogP contribution in [0.25, 0.3) is 0 Å². The molecule has 2 atom stereocenters. The Labute approximate surface area is 247 Å². The number of likely N-dealkylation sites (N-methyl/N-ethyl adjacent to an activating group) is 1. The number of hydrogen-bond acceptors (Lipinski definition) is 7. The number of quaternary nitrogens is 1. The van der Waals surface area contributed by atoms with Crippen molar-refractivity contribution in [1.82, 2.24) is 0 Å². The van der Waals surface area contributed by atoms with Crippen molar-refractivity contribution in [3.05, 3.63) is 0 Å². The van der Waals surface area contributed by atoms with Crippen molar-refractivity contribution in [2.24, 2.45) is 0 Å². The normalized spacial score (nSPS) is 14.2. The van der Waals surface area contributed by atoms with Gasteiger partial charge < -0.3 is 27.9 Å². The first-order valence-corrected chi connectivity index (χ1v) is 17.7. The molecular weight excluding hydrogens is 529 g/mol. The minimum Gasteiger partial charge on any atom is -0.756 e. The third kappa shape index (κ3) is 29.0. The van der Waals surface area contributed by atoms with Gasteiger partial charge in [0.25, 0.3) is 7.82 Å². The number of esters is 1. The Morgan fingerprint density at radius 3 is 1.65 bits per heavy atom. The molecule has 2 unspecified atom stereocenters. The maximum Gasteiger partial charge on any atom is 0.306 e. The number of nitrogens with zero attached hydrogens (tertiary/aromatic N) is 1. The molecule has 0 amide bonds. The summed E-state index contributed by atoms with van der Waals surface area (Å²) in [4.78, 5) is 24.5. The fourth-order valence-electron chi connectivity index (χ4n) is 4.31. The van der Waals surface area contributed by atoms with Gasteiger partial charge in [-0.05, 0) is 12.8 Å². The highest BCUT2D eigenvalue weighted by molar-refractivity contribution is 7.45. The van der Waals surface area contributed by atoms with Crippen LogP contribution in [0.15, 0.2) is 0 Å². The van der Waals surface area contributed by atoms with Crippen LogP contribution < -0.4 is 4.89 Å². The van der Waals surface area contributed by atoms with Crippen molar-refractivity contribution < 1.29 is 37.3 Å². The lowest BCUT2D eigenvalue weighted by atomic mass is 10.0. The molecule has 0 saturated carbocycles. The number of hydrogen-bond donors (Lipinski definition) is 0. The Morgan fingerprint density at radius 1 is 0.675 bits per heavy atom. The highest BCUT2D eigenvalue weighted by Gasteiger charge is 2.20. The van der Waals surface area contributed by atoms with Crippen molar-refractivity contribution in [2.75, 3.05) is 54.1 Å². The molecule has 0 aromatic carbocycles. The molecule has 40 heavy (non-hydrogen) atoms. The lowest BCUT2D eigenvalue weighted by molar-refractivity contribution is -0.870. The van der Waals surface area contributed by atoms with Gasteiger partial charge in [0.1, 0.15) is 19.3 Å². The second kappa shape index (κ2) is 26.2. The highest BCUT2D eigenvalue weighted by atomic mass is 31.2. The Kier molecular flexibility index (Phi) is 25.8. The summed E-state index contributed by atoms with van der Waals surface area (Å²) in [5.41, 5.74) is 0. The molecule has 0 N–H and O–H groups in total. The number of phosphoric acid groups is 1. The average molecular weight is 594 g/mol. The smallest absolute Gasteiger partial charge is 0.306 e. The number of carbonyl (C=O) groups excluding carboxylic acids is 1. The largest absolute Gasteiger partial charge is 0.756 e. The van der Waals surface area contributed by atoms with E-state index in [4.69, 9.17) is 18.5 Å². The quantitative estimate of drug-likeness (QED) is 0.0367. The van der Waals surface area contributed by atoms with E-state index in [0.29, 0.717) is 24.1 Å². The number of ether oxygens (including phenoxy) is 2. The number of unbranched alkanes of at least 4 members (excludes halogenated alkanes) is 16. The van der Waals surface area contributed by atoms with Crippen LogP contribution in [0, 0.1) is 0 Å². The summed E-state index contributed by atoms with van der Waals surface area (Å²) < 4.78 is 34.1. The molecule has 0 aliphatic rings. The minimum atomic E-state index is -4.49. The van der Waals surface area contributed by atoms with Crippen LogP contribution in [0.2, 0.25) is 0 Å². The minimum absolute atomic E-state index is 0.0298. The van der Waals surface area contributed by atoms with Gasteiger partial charge >= 0.3 is 5.97 Å². The Morgan fingerprint density at radius 2 is 1.15 bits per heavy atom. The number of carbonyl (C=O) groups is 1. The molecule has 0 aliphatic carbocycles. The van der Waals surface area contributed by atoms with E-state index < -0.39 is 13.9 Å². The van der Waals surface area contributed by atoms with E-state index in [0.717, 1.165) is 44.9 Å². The van der Waals surface area contributed by atoms with Crippen LogP contribution in [0.4, 0.5) is 0 Å². The van der Waals surface area contributed by atoms with Gasteiger partial charge in [0.05, 0.1) is 34.4 Å². The third-order valence-electron chi connectivity index (χ3n) is 6.91. The summed E-state index contributed by atoms with van der Waals surface area (Å²) in [5, 5.41) is 0. The summed E-state index contributed by atoms with van der Waals surface area (Å²) in [6, 6.07) is 0. The van der Waals surface area contributed by atoms with Crippen molar-refractivity contribution in [3.63, 3.8) is 0 Å². The van der Waals surface area contributed by atoms with Gasteiger partial charge in [-0.15, -0.1) is 0 Å². The second-order valence-corrected chi connectivity index (χ2v) is 13.6. The summed E-state index contributed by atoms with van der Waals surface area (Å²) in [6.45, 7) is 5.32. The van der Waals surface area contributed by atoms with E-state index in [1.807, 2.05) is 21.1 Å². The van der Waals surface area contributed by atoms with Gasteiger partial charge in [0.15, 0.2) is 0 Å². The molecule has 0 rings (SSSR count). The third-order valence-corrected chi connectivity index (χ3v) is 7.87. The van der Waals surface area contributed by atoms with Gasteiger partial charge in [-0.25, -0.2) is 0 Å². The zero-order valence-corrected chi connectivity index (χ0v) is 27.7. The fraction of sp³-hybridized carbons (Fsp3) is 0.968. The molecule has 8 nitrogen and oxygen atoms in total. The lowest BCUT2D eigenvalue weighted by Gasteiger charge is -2.28. The molecule has 0 spiro atoms. The molecule has 0 bridgehead atoms. The Hall–Kier alpha value is -0.500. The molecule has 0 radical (unpaired) electrons. The Bertz CT molecular complexity index is 627. The monoisotopic (exact) mass is 593 g/mol. The molecule has 9 heteroatoms. The summed E-state index contributed by atoms with van der Waals surface area (Å²) in [6.07, 6.45) is 21.4. The predicted octanol–water partition coefficient (Wildman–Crippen LogP) is 7.57. The first kappa shape index (κ1) is 39.5. The van der Waals surface area contributed by atoms with Crippen molar-refractivity contribution >= 4 is 13.8 Å². The lowest BCUT2D eigenvalue weighted by Crippen LogP contribution is -2.37. The van der Waals surface area contributed by atoms with Gasteiger partial charge in [-0.2, -0.15) is 0 Å². The van der Waals surface area contributed by atoms with E-state index in [1.165, 1.54) is 70.6 Å². The maximum atomic E-state index is 12.3. The first-order chi connectivity index (χ1) is 19.1. The summed E-state index contributed by atoms with van der Waals surface area (Å²) >= 11 is 0. The van der Waals surface area contributed by atoms with Crippen LogP contribution in [-0.4, -0.2) is 70.7 Å². The fourth-order valence-corrected chi connectivity index (χ4v) is 5.04. The molecular formula is C31H64NO7P. The van der Waals surface area contributed by atoms with Crippen LogP contribution in [0.1, 0.15) is 136 Å². The first-order valence-electron chi connectivity index (χ1n) is 16.3. The molecule has 0 aromatic heterocycles. The molecule has 0 aromatic rings. The predicted molar refractivity (Wildman–Crippen MR) is 162 cm³/mol. The van der Waals surface area contributed by atoms with Crippen LogP contribution in [-0.2, 0) is 27.9 Å². The zero-order chi connectivity index (χ0) is 30.0. The van der Waals surface area contributed by atoms with E-state index in [9.17, 15) is 14.3 Å². The molecule has 0 fully saturated rings. The van der Waals surface area contributed by atoms with Crippen molar-refractivity contribution in [2.45, 2.75) is 142 Å². The number of phosphoric ester groups is 1. The van der Waals surface area contributed by atoms with E-state index in [-0.39, 0.29) is 25.8 Å². The van der Waals surface area contributed by atoms with E-state index >= 15 is 0 Å². The molecule has 0 saturated heterocycles. The molecule has 0 aliphatic heterocycles. The van der Waals surface area contributed by atoms with Crippen LogP contribution in [0.5, 0.6) is 0 Å². The topological polar surface area (TPSA) is 94.1 Å². The summed E-state index contributed by atoms with van der Waals surface area (Å²) in [5.74, 6) is -0.346. The summed E-state index contributed by atoms with van der Waals surface area (Å²) in [7, 11) is 1.36. The molecule has 0 heterocycles. The van der Waals surface area contributed by atoms with Crippen LogP contribution in [0.3, 0.4) is 0 Å². The van der Waals surface area contributed by atoms with Crippen LogP contribution >= 0.6 is 7.82 Å². The average Bonchev–Trinajstić information content (AvgIpc) is 2.88. The van der Waals surface area contributed by atoms with Gasteiger partial charge in [-0.3, -0.25) is 9.36 Å². The second-order valence-electron chi connectivity index (χ2n) is 12.2. The van der Waals surface area contributed by atoms with Crippen molar-refractivity contribution in [3.8, 4) is 0 Å². The molecule has 240 valence electrons. The van der Waals surface area contributed by atoms with Crippen molar-refractivity contribution in [1.29, 1.82) is 0 Å². The zero-order valence-electron chi connectivity index (χ0n) is 26.8. The SMILES string of the molecule is CCCCCCCCCCCCCCCOCC(COP(=O)([O-])OCC[N+](C)(C)C)OC(=O)CCCCCCC. The van der Waals surface area contributed by atoms with Gasteiger partial charge in [0, 0.05) is 13.0 Å². The maximum absolute atomic E-state index is 12.3. The van der Waals surface area contributed by atoms with Gasteiger partial charge in [-0.1, -0.05) is 117 Å². The Balaban J connectivity index is 4.22. The number of rotatable bonds is 30.